The summed E-state index contributed by atoms with van der Waals surface area (Å²) in [6.45, 7) is 4.25. The van der Waals surface area contributed by atoms with Crippen LogP contribution in [0.1, 0.15) is 132 Å². The molecule has 7 nitrogen and oxygen atoms in total. The molecular formula is C42H106O7. The van der Waals surface area contributed by atoms with E-state index in [0.29, 0.717) is 0 Å². The van der Waals surface area contributed by atoms with Crippen LogP contribution in [0.25, 0.3) is 0 Å². The molecule has 14 N–H and O–H groups in total. The molecule has 0 amide bonds. The molecule has 0 radical (unpaired) electrons. The molecule has 0 saturated carbocycles. The van der Waals surface area contributed by atoms with Crippen LogP contribution in [0.15, 0.2) is 146 Å². The maximum absolute atomic E-state index is 2.12. The molecule has 7 heteroatoms. The van der Waals surface area contributed by atoms with Crippen molar-refractivity contribution < 1.29 is 38.3 Å². The summed E-state index contributed by atoms with van der Waals surface area (Å²) in [5, 5.41) is 0. The van der Waals surface area contributed by atoms with Gasteiger partial charge in [-0.15, -0.1) is 0 Å². The fraction of sp³-hybridized carbons (Fsp3) is 0.429. The van der Waals surface area contributed by atoms with Crippen molar-refractivity contribution in [2.24, 2.45) is 0 Å². The van der Waals surface area contributed by atoms with Crippen LogP contribution in [0.3, 0.4) is 0 Å². The molecule has 4 aromatic carbocycles. The van der Waals surface area contributed by atoms with Crippen molar-refractivity contribution in [3.8, 4) is 0 Å². The van der Waals surface area contributed by atoms with Gasteiger partial charge in [0.15, 0.2) is 0 Å². The Hall–Kier alpha value is -3.40. The lowest BCUT2D eigenvalue weighted by Crippen LogP contribution is -1.47. The Kier molecular flexibility index (Phi) is 659. The van der Waals surface area contributed by atoms with Crippen LogP contribution in [-0.2, 0) is 0 Å². The maximum atomic E-state index is 2.12. The number of rotatable bonds is 0. The maximum Gasteiger partial charge on any atom is -0.0590 e. The summed E-state index contributed by atoms with van der Waals surface area (Å²) >= 11 is 0. The van der Waals surface area contributed by atoms with Gasteiger partial charge in [-0.05, 0) is 0 Å². The highest BCUT2D eigenvalue weighted by Crippen LogP contribution is 1.81. The van der Waals surface area contributed by atoms with Gasteiger partial charge in [-0.25, -0.2) is 0 Å². The summed E-state index contributed by atoms with van der Waals surface area (Å²) in [6, 6.07) is 48.0. The molecule has 316 valence electrons. The molecule has 0 aliphatic rings. The summed E-state index contributed by atoms with van der Waals surface area (Å²) in [6.07, 6.45) is 1.25. The van der Waals surface area contributed by atoms with Crippen LogP contribution >= 0.6 is 0 Å². The first-order valence-electron chi connectivity index (χ1n) is 9.41. The molecule has 4 aromatic rings. The SMILES string of the molecule is C.C.C.C.C.C.C.C.C.C.C.C.C.C.C.CCC.O.O.O.O.O.O.O.c1ccccc1.c1ccccc1.c1ccccc1.c1ccccc1. The van der Waals surface area contributed by atoms with E-state index < -0.39 is 0 Å². The van der Waals surface area contributed by atoms with Crippen LogP contribution in [0.2, 0.25) is 0 Å². The van der Waals surface area contributed by atoms with Gasteiger partial charge < -0.3 is 38.3 Å². The lowest BCUT2D eigenvalue weighted by atomic mass is 10.4. The van der Waals surface area contributed by atoms with E-state index in [1.165, 1.54) is 6.42 Å². The molecule has 0 fully saturated rings. The molecule has 0 saturated heterocycles. The van der Waals surface area contributed by atoms with Gasteiger partial charge in [0.25, 0.3) is 0 Å². The largest absolute Gasteiger partial charge is 0.412 e. The van der Waals surface area contributed by atoms with Gasteiger partial charge in [-0.2, -0.15) is 0 Å². The Labute approximate surface area is 315 Å². The summed E-state index contributed by atoms with van der Waals surface area (Å²) in [4.78, 5) is 0. The fourth-order valence-electron chi connectivity index (χ4n) is 1.54. The zero-order valence-electron chi connectivity index (χ0n) is 20.1. The minimum absolute atomic E-state index is 0. The first-order valence-corrected chi connectivity index (χ1v) is 9.41. The Balaban J connectivity index is -0.00000000745. The van der Waals surface area contributed by atoms with Gasteiger partial charge in [0, 0.05) is 0 Å². The van der Waals surface area contributed by atoms with Gasteiger partial charge >= 0.3 is 0 Å². The Morgan fingerprint density at radius 1 is 0.163 bits per heavy atom. The van der Waals surface area contributed by atoms with E-state index in [0.717, 1.165) is 0 Å². The lowest BCUT2D eigenvalue weighted by molar-refractivity contribution is 0.823. The third-order valence-corrected chi connectivity index (χ3v) is 2.67. The first-order chi connectivity index (χ1) is 13.4. The molecule has 0 unspecified atom stereocenters. The second-order valence-electron chi connectivity index (χ2n) is 5.33. The fourth-order valence-corrected chi connectivity index (χ4v) is 1.54. The zero-order chi connectivity index (χ0) is 19.7. The monoisotopic (exact) mass is 723 g/mol. The van der Waals surface area contributed by atoms with Crippen molar-refractivity contribution in [2.75, 3.05) is 0 Å². The van der Waals surface area contributed by atoms with E-state index >= 15 is 0 Å². The van der Waals surface area contributed by atoms with Crippen molar-refractivity contribution in [1.82, 2.24) is 0 Å². The molecule has 0 heterocycles. The topological polar surface area (TPSA) is 220 Å². The standard InChI is InChI=1S/4C6H6.C3H8.15CH4.7H2O/c4*1-2-4-6-5-3-1;1-3-2;;;;;;;;;;;;;;;;;;;;;;/h4*1-6H;3H2,1-2H3;15*1H4;7*1H2. The van der Waals surface area contributed by atoms with Crippen molar-refractivity contribution in [1.29, 1.82) is 0 Å². The molecule has 0 aliphatic heterocycles. The summed E-state index contributed by atoms with van der Waals surface area (Å²) in [7, 11) is 0. The highest BCUT2D eigenvalue weighted by atomic mass is 16.0. The minimum atomic E-state index is 0. The average molecular weight is 723 g/mol. The van der Waals surface area contributed by atoms with Gasteiger partial charge in [0.05, 0.1) is 0 Å². The van der Waals surface area contributed by atoms with E-state index in [9.17, 15) is 0 Å². The summed E-state index contributed by atoms with van der Waals surface area (Å²) in [5.74, 6) is 0. The second kappa shape index (κ2) is 182. The van der Waals surface area contributed by atoms with Crippen molar-refractivity contribution in [3.63, 3.8) is 0 Å². The smallest absolute Gasteiger partial charge is 0.0590 e. The minimum Gasteiger partial charge on any atom is -0.412 e. The molecule has 0 aliphatic carbocycles. The van der Waals surface area contributed by atoms with Gasteiger partial charge in [-0.3, -0.25) is 0 Å². The highest BCUT2D eigenvalue weighted by Gasteiger charge is 1.59. The zero-order valence-corrected chi connectivity index (χ0v) is 20.1. The van der Waals surface area contributed by atoms with Crippen molar-refractivity contribution in [2.45, 2.75) is 132 Å². The van der Waals surface area contributed by atoms with E-state index in [1.807, 2.05) is 146 Å². The summed E-state index contributed by atoms with van der Waals surface area (Å²) in [5.41, 5.74) is 0. The number of benzene rings is 4. The Bertz CT molecular complexity index is 458. The predicted octanol–water partition coefficient (Wildman–Crippen LogP) is 11.9. The van der Waals surface area contributed by atoms with Gasteiger partial charge in [-0.1, -0.05) is 277 Å². The number of hydrogen-bond acceptors (Lipinski definition) is 0. The van der Waals surface area contributed by atoms with Crippen LogP contribution in [-0.4, -0.2) is 38.3 Å². The van der Waals surface area contributed by atoms with Crippen molar-refractivity contribution in [3.05, 3.63) is 146 Å². The van der Waals surface area contributed by atoms with Crippen LogP contribution in [0, 0.1) is 0 Å². The lowest BCUT2D eigenvalue weighted by Gasteiger charge is -1.69. The Morgan fingerprint density at radius 2 is 0.184 bits per heavy atom. The van der Waals surface area contributed by atoms with E-state index in [-0.39, 0.29) is 150 Å². The first kappa shape index (κ1) is 178. The number of hydrogen-bond donors (Lipinski definition) is 0. The third kappa shape index (κ3) is 191. The van der Waals surface area contributed by atoms with E-state index in [4.69, 9.17) is 0 Å². The van der Waals surface area contributed by atoms with Crippen LogP contribution in [0.5, 0.6) is 0 Å². The van der Waals surface area contributed by atoms with Gasteiger partial charge in [0.2, 0.25) is 0 Å². The summed E-state index contributed by atoms with van der Waals surface area (Å²) < 4.78 is 0. The molecule has 0 atom stereocenters. The Morgan fingerprint density at radius 3 is 0.204 bits per heavy atom. The predicted molar refractivity (Wildman–Crippen MR) is 248 cm³/mol. The molecule has 0 spiro atoms. The van der Waals surface area contributed by atoms with Crippen molar-refractivity contribution >= 4 is 0 Å². The van der Waals surface area contributed by atoms with Gasteiger partial charge in [0.1, 0.15) is 0 Å². The molecule has 0 aromatic heterocycles. The average Bonchev–Trinajstić information content (AvgIpc) is 2.80. The molecule has 0 bridgehead atoms. The molecule has 49 heavy (non-hydrogen) atoms. The van der Waals surface area contributed by atoms with E-state index in [2.05, 4.69) is 13.8 Å². The van der Waals surface area contributed by atoms with Crippen LogP contribution < -0.4 is 0 Å². The van der Waals surface area contributed by atoms with Crippen LogP contribution in [0.4, 0.5) is 0 Å². The molecule has 4 rings (SSSR count). The second-order valence-corrected chi connectivity index (χ2v) is 5.33. The highest BCUT2D eigenvalue weighted by molar-refractivity contribution is 5.00. The molecular weight excluding hydrogens is 616 g/mol. The normalized spacial score (nSPS) is 4.29. The third-order valence-electron chi connectivity index (χ3n) is 2.67. The van der Waals surface area contributed by atoms with E-state index in [1.54, 1.807) is 0 Å². The quantitative estimate of drug-likeness (QED) is 0.165.